The summed E-state index contributed by atoms with van der Waals surface area (Å²) >= 11 is 0. The summed E-state index contributed by atoms with van der Waals surface area (Å²) in [5.41, 5.74) is 6.43. The van der Waals surface area contributed by atoms with E-state index in [1.165, 1.54) is 13.1 Å². The second-order valence-corrected chi connectivity index (χ2v) is 8.62. The minimum Gasteiger partial charge on any atom is -0.425 e. The van der Waals surface area contributed by atoms with Crippen molar-refractivity contribution in [1.29, 1.82) is 5.41 Å². The minimum absolute atomic E-state index is 0.0168. The monoisotopic (exact) mass is 539 g/mol. The largest absolute Gasteiger partial charge is 0.491 e. The third-order valence-electron chi connectivity index (χ3n) is 5.64. The number of carbonyl (C=O) groups is 2. The summed E-state index contributed by atoms with van der Waals surface area (Å²) in [7, 11) is 0. The first-order chi connectivity index (χ1) is 17.9. The summed E-state index contributed by atoms with van der Waals surface area (Å²) in [6.07, 6.45) is -5.77. The molecule has 1 aliphatic rings. The van der Waals surface area contributed by atoms with Crippen molar-refractivity contribution in [2.75, 3.05) is 25.0 Å². The van der Waals surface area contributed by atoms with E-state index in [0.717, 1.165) is 16.2 Å². The van der Waals surface area contributed by atoms with Gasteiger partial charge in [0.25, 0.3) is 17.7 Å². The van der Waals surface area contributed by atoms with E-state index in [0.29, 0.717) is 11.0 Å². The van der Waals surface area contributed by atoms with Gasteiger partial charge in [0.2, 0.25) is 5.96 Å². The molecule has 38 heavy (non-hydrogen) atoms. The highest BCUT2D eigenvalue weighted by Gasteiger charge is 2.44. The number of hydroxylamine groups is 2. The molecule has 0 aliphatic carbocycles. The Morgan fingerprint density at radius 3 is 2.55 bits per heavy atom. The van der Waals surface area contributed by atoms with Gasteiger partial charge in [-0.1, -0.05) is 29.8 Å². The number of alkyl halides is 3. The highest BCUT2D eigenvalue weighted by atomic mass is 19.4. The summed E-state index contributed by atoms with van der Waals surface area (Å²) in [6.45, 7) is 3.51. The maximum Gasteiger partial charge on any atom is 0.491 e. The molecule has 12 nitrogen and oxygen atoms in total. The zero-order valence-corrected chi connectivity index (χ0v) is 20.7. The van der Waals surface area contributed by atoms with Crippen LogP contribution in [0.25, 0.3) is 0 Å². The van der Waals surface area contributed by atoms with Crippen molar-refractivity contribution in [1.82, 2.24) is 19.9 Å². The molecule has 1 saturated heterocycles. The maximum absolute atomic E-state index is 13.2. The number of anilines is 1. The van der Waals surface area contributed by atoms with Gasteiger partial charge in [0.15, 0.2) is 5.82 Å². The van der Waals surface area contributed by atoms with Gasteiger partial charge in [0, 0.05) is 18.4 Å². The summed E-state index contributed by atoms with van der Waals surface area (Å²) in [4.78, 5) is 47.1. The number of aromatic nitrogens is 2. The molecule has 15 heteroatoms. The van der Waals surface area contributed by atoms with Crippen LogP contribution in [0.1, 0.15) is 29.5 Å². The lowest BCUT2D eigenvalue weighted by atomic mass is 10.1. The quantitative estimate of drug-likeness (QED) is 0.219. The van der Waals surface area contributed by atoms with Gasteiger partial charge in [0.05, 0.1) is 19.2 Å². The number of carbonyl (C=O) groups excluding carboxylic acids is 2. The molecule has 0 bridgehead atoms. The van der Waals surface area contributed by atoms with Gasteiger partial charge in [0.1, 0.15) is 0 Å². The molecule has 2 unspecified atom stereocenters. The predicted molar refractivity (Wildman–Crippen MR) is 129 cm³/mol. The van der Waals surface area contributed by atoms with Crippen LogP contribution in [0.15, 0.2) is 35.3 Å². The Hall–Kier alpha value is -4.14. The van der Waals surface area contributed by atoms with Gasteiger partial charge in [-0.05, 0) is 32.3 Å². The van der Waals surface area contributed by atoms with Crippen LogP contribution >= 0.6 is 0 Å². The van der Waals surface area contributed by atoms with Gasteiger partial charge >= 0.3 is 12.1 Å². The van der Waals surface area contributed by atoms with Crippen molar-refractivity contribution in [3.05, 3.63) is 57.6 Å². The summed E-state index contributed by atoms with van der Waals surface area (Å²) in [5, 5.41) is 13.7. The molecule has 1 aromatic heterocycles. The second-order valence-electron chi connectivity index (χ2n) is 8.62. The normalized spacial score (nSPS) is 16.4. The first-order valence-electron chi connectivity index (χ1n) is 11.6. The second kappa shape index (κ2) is 11.9. The van der Waals surface area contributed by atoms with Crippen molar-refractivity contribution in [3.8, 4) is 0 Å². The number of halogens is 3. The van der Waals surface area contributed by atoms with Crippen LogP contribution in [0, 0.1) is 19.3 Å². The zero-order chi connectivity index (χ0) is 28.0. The molecule has 0 saturated carbocycles. The number of nitrogens with one attached hydrogen (secondary N) is 3. The molecule has 3 rings (SSSR count). The van der Waals surface area contributed by atoms with E-state index >= 15 is 0 Å². The van der Waals surface area contributed by atoms with Gasteiger partial charge < -0.3 is 21.1 Å². The van der Waals surface area contributed by atoms with E-state index in [4.69, 9.17) is 16.0 Å². The average Bonchev–Trinajstić information content (AvgIpc) is 2.85. The molecule has 2 aromatic rings. The minimum atomic E-state index is -5.41. The zero-order valence-electron chi connectivity index (χ0n) is 20.7. The Balaban J connectivity index is 1.82. The standard InChI is InChI=1S/C23H28F3N7O5/c1-13-3-5-15(6-4-13)7-9-29-17-19(35)33(14(2)11-30-17)20(38-21(36)23(24,25)26)18(34)31-16-8-10-32(22(27)28)37-12-16/h3-6,11,16,20H,7-10,12H2,1-2H3,(H3,27,28)(H,29,30)(H,31,34). The number of rotatable bonds is 8. The summed E-state index contributed by atoms with van der Waals surface area (Å²) in [5.74, 6) is -4.40. The first-order valence-corrected chi connectivity index (χ1v) is 11.6. The fourth-order valence-electron chi connectivity index (χ4n) is 3.61. The van der Waals surface area contributed by atoms with E-state index in [1.54, 1.807) is 0 Å². The molecule has 2 atom stereocenters. The molecule has 0 radical (unpaired) electrons. The third-order valence-corrected chi connectivity index (χ3v) is 5.64. The van der Waals surface area contributed by atoms with Gasteiger partial charge in [-0.2, -0.15) is 13.2 Å². The van der Waals surface area contributed by atoms with Crippen molar-refractivity contribution in [2.45, 2.75) is 45.1 Å². The molecule has 0 spiro atoms. The lowest BCUT2D eigenvalue weighted by molar-refractivity contribution is -0.210. The van der Waals surface area contributed by atoms with Crippen LogP contribution in [0.3, 0.4) is 0 Å². The Bertz CT molecular complexity index is 1230. The smallest absolute Gasteiger partial charge is 0.425 e. The molecule has 1 fully saturated rings. The van der Waals surface area contributed by atoms with Crippen LogP contribution in [-0.4, -0.2) is 64.4 Å². The molecule has 1 amide bonds. The third kappa shape index (κ3) is 7.21. The Morgan fingerprint density at radius 2 is 1.97 bits per heavy atom. The molecule has 206 valence electrons. The SMILES string of the molecule is Cc1ccc(CCNc2ncc(C)n(C(OC(=O)C(F)(F)F)C(=O)NC3CCN(C(=N)N)OC3)c2=O)cc1. The fraction of sp³-hybridized carbons (Fsp3) is 0.435. The number of guanidine groups is 1. The highest BCUT2D eigenvalue weighted by Crippen LogP contribution is 2.22. The van der Waals surface area contributed by atoms with Crippen LogP contribution in [-0.2, 0) is 25.6 Å². The van der Waals surface area contributed by atoms with E-state index in [-0.39, 0.29) is 43.6 Å². The molecule has 1 aromatic carbocycles. The van der Waals surface area contributed by atoms with Crippen LogP contribution in [0.2, 0.25) is 0 Å². The summed E-state index contributed by atoms with van der Waals surface area (Å²) < 4.78 is 44.2. The Labute approximate surface area is 215 Å². The van der Waals surface area contributed by atoms with E-state index < -0.39 is 35.9 Å². The van der Waals surface area contributed by atoms with Crippen molar-refractivity contribution in [2.24, 2.45) is 5.73 Å². The van der Waals surface area contributed by atoms with Gasteiger partial charge in [-0.25, -0.2) is 14.8 Å². The number of amides is 1. The van der Waals surface area contributed by atoms with Crippen molar-refractivity contribution in [3.63, 3.8) is 0 Å². The molecular formula is C23H28F3N7O5. The Kier molecular flexibility index (Phi) is 8.93. The van der Waals surface area contributed by atoms with E-state index in [9.17, 15) is 27.6 Å². The van der Waals surface area contributed by atoms with Crippen LogP contribution in [0.4, 0.5) is 19.0 Å². The molecule has 5 N–H and O–H groups in total. The number of hydrogen-bond acceptors (Lipinski definition) is 8. The molecular weight excluding hydrogens is 511 g/mol. The predicted octanol–water partition coefficient (Wildman–Crippen LogP) is 1.13. The lowest BCUT2D eigenvalue weighted by Gasteiger charge is -2.32. The Morgan fingerprint density at radius 1 is 1.29 bits per heavy atom. The van der Waals surface area contributed by atoms with Gasteiger partial charge in [-0.3, -0.25) is 24.4 Å². The topological polar surface area (TPSA) is 165 Å². The molecule has 2 heterocycles. The fourth-order valence-corrected chi connectivity index (χ4v) is 3.61. The molecule has 1 aliphatic heterocycles. The van der Waals surface area contributed by atoms with Gasteiger partial charge in [-0.15, -0.1) is 0 Å². The van der Waals surface area contributed by atoms with E-state index in [2.05, 4.69) is 20.4 Å². The number of hydrogen-bond donors (Lipinski definition) is 4. The average molecular weight is 540 g/mol. The number of nitrogens with two attached hydrogens (primary N) is 1. The number of esters is 1. The number of ether oxygens (including phenoxy) is 1. The van der Waals surface area contributed by atoms with Crippen LogP contribution in [0.5, 0.6) is 0 Å². The van der Waals surface area contributed by atoms with Crippen molar-refractivity contribution < 1.29 is 32.3 Å². The first kappa shape index (κ1) is 28.4. The number of aryl methyl sites for hydroxylation is 2. The lowest BCUT2D eigenvalue weighted by Crippen LogP contribution is -2.52. The van der Waals surface area contributed by atoms with Crippen LogP contribution < -0.4 is 21.9 Å². The maximum atomic E-state index is 13.2. The van der Waals surface area contributed by atoms with E-state index in [1.807, 2.05) is 31.2 Å². The summed E-state index contributed by atoms with van der Waals surface area (Å²) in [6, 6.07) is 6.98. The van der Waals surface area contributed by atoms with Crippen molar-refractivity contribution >= 4 is 23.7 Å². The number of benzene rings is 1. The number of nitrogens with zero attached hydrogens (tertiary/aromatic N) is 3. The highest BCUT2D eigenvalue weighted by molar-refractivity contribution is 5.84.